The fourth-order valence-corrected chi connectivity index (χ4v) is 3.12. The van der Waals surface area contributed by atoms with Crippen LogP contribution in [0.2, 0.25) is 0 Å². The van der Waals surface area contributed by atoms with Crippen LogP contribution in [0, 0.1) is 5.92 Å². The van der Waals surface area contributed by atoms with E-state index in [0.29, 0.717) is 0 Å². The Bertz CT molecular complexity index is 717. The molecule has 2 aliphatic heterocycles. The van der Waals surface area contributed by atoms with Crippen molar-refractivity contribution in [1.29, 1.82) is 0 Å². The van der Waals surface area contributed by atoms with Gasteiger partial charge in [-0.1, -0.05) is 48.5 Å². The van der Waals surface area contributed by atoms with Gasteiger partial charge < -0.3 is 0 Å². The maximum atomic E-state index is 12.2. The second kappa shape index (κ2) is 4.96. The molecule has 5 heteroatoms. The molecule has 0 aromatic heterocycles. The molecule has 5 nitrogen and oxygen atoms in total. The first-order valence-corrected chi connectivity index (χ1v) is 7.16. The molecule has 0 radical (unpaired) electrons. The normalized spacial score (nSPS) is 26.9. The van der Waals surface area contributed by atoms with Gasteiger partial charge in [-0.05, 0) is 17.7 Å². The summed E-state index contributed by atoms with van der Waals surface area (Å²) in [5, 5.41) is 4.04. The molecule has 22 heavy (non-hydrogen) atoms. The predicted molar refractivity (Wildman–Crippen MR) is 79.6 cm³/mol. The number of nitrogens with one attached hydrogen (secondary N) is 1. The summed E-state index contributed by atoms with van der Waals surface area (Å²) in [5.74, 6) is -1.17. The summed E-state index contributed by atoms with van der Waals surface area (Å²) in [6, 6.07) is 18.8. The number of anilines is 1. The summed E-state index contributed by atoms with van der Waals surface area (Å²) in [7, 11) is 0. The number of imide groups is 1. The largest absolute Gasteiger partial charge is 0.294 e. The summed E-state index contributed by atoms with van der Waals surface area (Å²) in [6.07, 6.45) is -0.766. The van der Waals surface area contributed by atoms with E-state index in [1.54, 1.807) is 5.06 Å². The third kappa shape index (κ3) is 1.90. The highest BCUT2D eigenvalue weighted by Crippen LogP contribution is 2.44. The van der Waals surface area contributed by atoms with Gasteiger partial charge >= 0.3 is 0 Å². The Balaban J connectivity index is 1.81. The lowest BCUT2D eigenvalue weighted by Gasteiger charge is -2.27. The van der Waals surface area contributed by atoms with Gasteiger partial charge in [0, 0.05) is 0 Å². The van der Waals surface area contributed by atoms with Crippen molar-refractivity contribution in [1.82, 2.24) is 5.32 Å². The Labute approximate surface area is 127 Å². The average molecular weight is 294 g/mol. The van der Waals surface area contributed by atoms with Crippen molar-refractivity contribution in [2.75, 3.05) is 5.06 Å². The van der Waals surface area contributed by atoms with Crippen molar-refractivity contribution in [3.8, 4) is 0 Å². The number of para-hydroxylation sites is 1. The topological polar surface area (TPSA) is 58.6 Å². The molecule has 1 N–H and O–H groups in total. The van der Waals surface area contributed by atoms with Crippen LogP contribution < -0.4 is 10.4 Å². The molecule has 2 fully saturated rings. The van der Waals surface area contributed by atoms with Gasteiger partial charge in [0.05, 0.1) is 11.7 Å². The zero-order chi connectivity index (χ0) is 15.1. The number of hydrogen-bond acceptors (Lipinski definition) is 4. The molecule has 0 bridgehead atoms. The van der Waals surface area contributed by atoms with Gasteiger partial charge in [0.2, 0.25) is 5.91 Å². The second-order valence-corrected chi connectivity index (χ2v) is 5.42. The predicted octanol–water partition coefficient (Wildman–Crippen LogP) is 1.82. The van der Waals surface area contributed by atoms with E-state index in [1.165, 1.54) is 0 Å². The van der Waals surface area contributed by atoms with Crippen LogP contribution >= 0.6 is 0 Å². The number of hydroxylamine groups is 1. The number of rotatable bonds is 2. The van der Waals surface area contributed by atoms with E-state index in [2.05, 4.69) is 5.32 Å². The van der Waals surface area contributed by atoms with Crippen LogP contribution in [0.5, 0.6) is 0 Å². The number of carbonyl (C=O) groups is 2. The van der Waals surface area contributed by atoms with Crippen LogP contribution in [-0.4, -0.2) is 17.9 Å². The fourth-order valence-electron chi connectivity index (χ4n) is 3.12. The zero-order valence-corrected chi connectivity index (χ0v) is 11.7. The van der Waals surface area contributed by atoms with Crippen molar-refractivity contribution in [3.63, 3.8) is 0 Å². The first kappa shape index (κ1) is 13.0. The molecule has 110 valence electrons. The van der Waals surface area contributed by atoms with E-state index in [-0.39, 0.29) is 17.9 Å². The summed E-state index contributed by atoms with van der Waals surface area (Å²) in [4.78, 5) is 29.9. The number of nitrogens with zero attached hydrogens (tertiary/aromatic N) is 1. The van der Waals surface area contributed by atoms with Gasteiger partial charge in [0.15, 0.2) is 6.10 Å². The van der Waals surface area contributed by atoms with Crippen molar-refractivity contribution in [3.05, 3.63) is 66.2 Å². The van der Waals surface area contributed by atoms with E-state index in [9.17, 15) is 9.59 Å². The lowest BCUT2D eigenvalue weighted by Crippen LogP contribution is -2.33. The maximum Gasteiger partial charge on any atom is 0.259 e. The fraction of sp³-hybridized carbons (Fsp3) is 0.176. The number of benzene rings is 2. The van der Waals surface area contributed by atoms with Gasteiger partial charge in [-0.25, -0.2) is 5.06 Å². The molecular weight excluding hydrogens is 280 g/mol. The van der Waals surface area contributed by atoms with Crippen molar-refractivity contribution in [2.24, 2.45) is 5.92 Å². The van der Waals surface area contributed by atoms with Gasteiger partial charge in [-0.3, -0.25) is 19.7 Å². The van der Waals surface area contributed by atoms with Crippen LogP contribution in [0.3, 0.4) is 0 Å². The first-order valence-electron chi connectivity index (χ1n) is 7.16. The summed E-state index contributed by atoms with van der Waals surface area (Å²) in [5.41, 5.74) is 1.77. The highest BCUT2D eigenvalue weighted by Gasteiger charge is 2.56. The molecule has 3 atom stereocenters. The maximum absolute atomic E-state index is 12.2. The lowest BCUT2D eigenvalue weighted by molar-refractivity contribution is -0.129. The minimum atomic E-state index is -0.766. The molecule has 0 aliphatic carbocycles. The van der Waals surface area contributed by atoms with Gasteiger partial charge in [0.25, 0.3) is 5.91 Å². The first-order chi connectivity index (χ1) is 10.8. The molecule has 2 heterocycles. The van der Waals surface area contributed by atoms with E-state index in [1.807, 2.05) is 60.7 Å². The highest BCUT2D eigenvalue weighted by atomic mass is 16.7. The van der Waals surface area contributed by atoms with Crippen molar-refractivity contribution < 1.29 is 14.4 Å². The minimum absolute atomic E-state index is 0.276. The molecule has 2 amide bonds. The molecule has 2 aromatic carbocycles. The number of fused-ring (bicyclic) bond motifs is 1. The van der Waals surface area contributed by atoms with E-state index >= 15 is 0 Å². The van der Waals surface area contributed by atoms with Crippen molar-refractivity contribution >= 4 is 17.5 Å². The van der Waals surface area contributed by atoms with Crippen LogP contribution in [0.15, 0.2) is 60.7 Å². The summed E-state index contributed by atoms with van der Waals surface area (Å²) >= 11 is 0. The smallest absolute Gasteiger partial charge is 0.259 e. The third-order valence-corrected chi connectivity index (χ3v) is 4.11. The molecule has 0 saturated carbocycles. The standard InChI is InChI=1S/C17H14N2O3/c20-16-13-14(11-7-3-1-4-8-11)19(12-9-5-2-6-10-12)22-15(13)17(21)18-16/h1-10,13-15H,(H,18,20,21)/t13-,14+,15+/m0/s1. The lowest BCUT2D eigenvalue weighted by atomic mass is 9.91. The van der Waals surface area contributed by atoms with Crippen LogP contribution in [0.1, 0.15) is 11.6 Å². The Morgan fingerprint density at radius 3 is 2.18 bits per heavy atom. The molecule has 4 rings (SSSR count). The SMILES string of the molecule is O=C1NC(=O)[C@@H]2ON(c3ccccc3)[C@H](c3ccccc3)[C@H]12. The average Bonchev–Trinajstić information content (AvgIpc) is 3.08. The third-order valence-electron chi connectivity index (χ3n) is 4.11. The summed E-state index contributed by atoms with van der Waals surface area (Å²) < 4.78 is 0. The Kier molecular flexibility index (Phi) is 2.94. The highest BCUT2D eigenvalue weighted by molar-refractivity contribution is 6.07. The Morgan fingerprint density at radius 1 is 0.864 bits per heavy atom. The van der Waals surface area contributed by atoms with Crippen LogP contribution in [0.25, 0.3) is 0 Å². The monoisotopic (exact) mass is 294 g/mol. The molecule has 2 aliphatic rings. The number of hydrogen-bond donors (Lipinski definition) is 1. The summed E-state index contributed by atoms with van der Waals surface area (Å²) in [6.45, 7) is 0. The van der Waals surface area contributed by atoms with E-state index in [0.717, 1.165) is 11.3 Å². The Hall–Kier alpha value is -2.66. The molecular formula is C17H14N2O3. The molecule has 0 unspecified atom stereocenters. The molecule has 2 aromatic rings. The van der Waals surface area contributed by atoms with Crippen molar-refractivity contribution in [2.45, 2.75) is 12.1 Å². The second-order valence-electron chi connectivity index (χ2n) is 5.42. The van der Waals surface area contributed by atoms with Gasteiger partial charge in [0.1, 0.15) is 5.92 Å². The van der Waals surface area contributed by atoms with Crippen LogP contribution in [-0.2, 0) is 14.4 Å². The minimum Gasteiger partial charge on any atom is -0.294 e. The Morgan fingerprint density at radius 2 is 1.50 bits per heavy atom. The van der Waals surface area contributed by atoms with Crippen LogP contribution in [0.4, 0.5) is 5.69 Å². The molecule has 2 saturated heterocycles. The molecule has 0 spiro atoms. The number of carbonyl (C=O) groups excluding carboxylic acids is 2. The zero-order valence-electron chi connectivity index (χ0n) is 11.7. The van der Waals surface area contributed by atoms with Gasteiger partial charge in [-0.2, -0.15) is 0 Å². The quantitative estimate of drug-likeness (QED) is 0.858. The van der Waals surface area contributed by atoms with E-state index in [4.69, 9.17) is 4.84 Å². The number of amides is 2. The van der Waals surface area contributed by atoms with E-state index < -0.39 is 12.0 Å². The van der Waals surface area contributed by atoms with Gasteiger partial charge in [-0.15, -0.1) is 0 Å².